The molecule has 1 aromatic rings. The van der Waals surface area contributed by atoms with Crippen LogP contribution in [0.15, 0.2) is 18.2 Å². The molecule has 0 amide bonds. The molecule has 2 rings (SSSR count). The van der Waals surface area contributed by atoms with Crippen molar-refractivity contribution in [3.8, 4) is 0 Å². The Kier molecular flexibility index (Phi) is 4.66. The number of benzene rings is 1. The first-order valence-electron chi connectivity index (χ1n) is 5.83. The second-order valence-corrected chi connectivity index (χ2v) is 5.37. The molecule has 1 heterocycles. The highest BCUT2D eigenvalue weighted by atomic mass is 35.5. The fraction of sp³-hybridized carbons (Fsp3) is 0.538. The van der Waals surface area contributed by atoms with Gasteiger partial charge in [-0.15, -0.1) is 11.6 Å². The van der Waals surface area contributed by atoms with E-state index in [0.29, 0.717) is 29.5 Å². The monoisotopic (exact) mass is 276 g/mol. The highest BCUT2D eigenvalue weighted by molar-refractivity contribution is 6.31. The second-order valence-electron chi connectivity index (χ2n) is 4.40. The quantitative estimate of drug-likeness (QED) is 0.757. The van der Waals surface area contributed by atoms with Gasteiger partial charge >= 0.3 is 0 Å². The SMILES string of the molecule is Fc1cccc(Cl)c1CC(Cl)C1CCCOC1. The smallest absolute Gasteiger partial charge is 0.127 e. The number of ether oxygens (including phenoxy) is 1. The number of hydrogen-bond donors (Lipinski definition) is 0. The minimum absolute atomic E-state index is 0.121. The molecule has 17 heavy (non-hydrogen) atoms. The van der Waals surface area contributed by atoms with Gasteiger partial charge in [-0.3, -0.25) is 0 Å². The summed E-state index contributed by atoms with van der Waals surface area (Å²) in [5.74, 6) is 0.0148. The molecule has 0 aliphatic carbocycles. The number of halogens is 3. The van der Waals surface area contributed by atoms with Crippen molar-refractivity contribution in [3.63, 3.8) is 0 Å². The largest absolute Gasteiger partial charge is 0.381 e. The average molecular weight is 277 g/mol. The van der Waals surface area contributed by atoms with Crippen molar-refractivity contribution in [1.29, 1.82) is 0 Å². The minimum atomic E-state index is -0.278. The van der Waals surface area contributed by atoms with Crippen molar-refractivity contribution < 1.29 is 9.13 Å². The minimum Gasteiger partial charge on any atom is -0.381 e. The summed E-state index contributed by atoms with van der Waals surface area (Å²) in [5, 5.41) is 0.331. The molecular weight excluding hydrogens is 262 g/mol. The Balaban J connectivity index is 2.04. The number of hydrogen-bond acceptors (Lipinski definition) is 1. The van der Waals surface area contributed by atoms with E-state index in [1.807, 2.05) is 0 Å². The molecule has 0 spiro atoms. The van der Waals surface area contributed by atoms with E-state index < -0.39 is 0 Å². The lowest BCUT2D eigenvalue weighted by Crippen LogP contribution is -2.27. The molecule has 0 bridgehead atoms. The molecule has 1 fully saturated rings. The van der Waals surface area contributed by atoms with Crippen LogP contribution >= 0.6 is 23.2 Å². The van der Waals surface area contributed by atoms with Crippen LogP contribution in [0.4, 0.5) is 4.39 Å². The topological polar surface area (TPSA) is 9.23 Å². The summed E-state index contributed by atoms with van der Waals surface area (Å²) in [5.41, 5.74) is 0.514. The molecule has 1 aliphatic heterocycles. The van der Waals surface area contributed by atoms with E-state index in [1.54, 1.807) is 12.1 Å². The highest BCUT2D eigenvalue weighted by Crippen LogP contribution is 2.28. The molecule has 0 saturated carbocycles. The normalized spacial score (nSPS) is 22.4. The summed E-state index contributed by atoms with van der Waals surface area (Å²) < 4.78 is 19.0. The van der Waals surface area contributed by atoms with Gasteiger partial charge in [0, 0.05) is 22.6 Å². The summed E-state index contributed by atoms with van der Waals surface area (Å²) in [7, 11) is 0. The maximum atomic E-state index is 13.6. The Morgan fingerprint density at radius 1 is 1.47 bits per heavy atom. The van der Waals surface area contributed by atoms with Crippen molar-refractivity contribution in [2.24, 2.45) is 5.92 Å². The van der Waals surface area contributed by atoms with Crippen molar-refractivity contribution >= 4 is 23.2 Å². The van der Waals surface area contributed by atoms with Crippen molar-refractivity contribution in [2.75, 3.05) is 13.2 Å². The predicted octanol–water partition coefficient (Wildman–Crippen LogP) is 4.06. The van der Waals surface area contributed by atoms with Gasteiger partial charge in [0.25, 0.3) is 0 Å². The third kappa shape index (κ3) is 3.34. The summed E-state index contributed by atoms with van der Waals surface area (Å²) >= 11 is 12.3. The van der Waals surface area contributed by atoms with Gasteiger partial charge in [0.2, 0.25) is 0 Å². The zero-order chi connectivity index (χ0) is 12.3. The predicted molar refractivity (Wildman–Crippen MR) is 68.3 cm³/mol. The van der Waals surface area contributed by atoms with Crippen molar-refractivity contribution in [1.82, 2.24) is 0 Å². The van der Waals surface area contributed by atoms with Gasteiger partial charge in [-0.1, -0.05) is 17.7 Å². The van der Waals surface area contributed by atoms with Gasteiger partial charge in [0.1, 0.15) is 5.82 Å². The molecule has 0 aromatic heterocycles. The van der Waals surface area contributed by atoms with Gasteiger partial charge in [0.05, 0.1) is 6.61 Å². The van der Waals surface area contributed by atoms with Crippen LogP contribution in [0.25, 0.3) is 0 Å². The molecule has 0 radical (unpaired) electrons. The maximum Gasteiger partial charge on any atom is 0.127 e. The van der Waals surface area contributed by atoms with E-state index in [1.165, 1.54) is 6.07 Å². The van der Waals surface area contributed by atoms with Crippen LogP contribution in [0.3, 0.4) is 0 Å². The first-order valence-corrected chi connectivity index (χ1v) is 6.64. The molecule has 2 unspecified atom stereocenters. The Bertz CT molecular complexity index is 357. The molecule has 1 aromatic carbocycles. The van der Waals surface area contributed by atoms with Gasteiger partial charge < -0.3 is 4.74 Å². The standard InChI is InChI=1S/C13H15Cl2FO/c14-11-4-1-5-13(16)10(11)7-12(15)9-3-2-6-17-8-9/h1,4-5,9,12H,2-3,6-8H2. The third-order valence-electron chi connectivity index (χ3n) is 3.17. The van der Waals surface area contributed by atoms with E-state index in [9.17, 15) is 4.39 Å². The summed E-state index contributed by atoms with van der Waals surface area (Å²) in [6.07, 6.45) is 2.53. The van der Waals surface area contributed by atoms with E-state index in [0.717, 1.165) is 19.4 Å². The van der Waals surface area contributed by atoms with E-state index in [4.69, 9.17) is 27.9 Å². The fourth-order valence-electron chi connectivity index (χ4n) is 2.14. The van der Waals surface area contributed by atoms with Crippen LogP contribution in [0.1, 0.15) is 18.4 Å². The molecule has 4 heteroatoms. The van der Waals surface area contributed by atoms with Crippen LogP contribution in [0.5, 0.6) is 0 Å². The van der Waals surface area contributed by atoms with Crippen LogP contribution in [-0.2, 0) is 11.2 Å². The Morgan fingerprint density at radius 3 is 2.94 bits per heavy atom. The number of alkyl halides is 1. The summed E-state index contributed by atoms with van der Waals surface area (Å²) in [6.45, 7) is 1.47. The lowest BCUT2D eigenvalue weighted by Gasteiger charge is -2.26. The van der Waals surface area contributed by atoms with E-state index in [-0.39, 0.29) is 11.2 Å². The number of rotatable bonds is 3. The fourth-order valence-corrected chi connectivity index (χ4v) is 2.73. The van der Waals surface area contributed by atoms with Gasteiger partial charge in [-0.25, -0.2) is 4.39 Å². The third-order valence-corrected chi connectivity index (χ3v) is 4.03. The first-order chi connectivity index (χ1) is 8.18. The molecule has 94 valence electrons. The zero-order valence-corrected chi connectivity index (χ0v) is 11.0. The lowest BCUT2D eigenvalue weighted by molar-refractivity contribution is 0.0532. The molecule has 1 saturated heterocycles. The molecular formula is C13H15Cl2FO. The molecule has 1 nitrogen and oxygen atoms in total. The van der Waals surface area contributed by atoms with Crippen LogP contribution in [0.2, 0.25) is 5.02 Å². The summed E-state index contributed by atoms with van der Waals surface area (Å²) in [4.78, 5) is 0. The molecule has 1 aliphatic rings. The van der Waals surface area contributed by atoms with Crippen LogP contribution in [0, 0.1) is 11.7 Å². The molecule has 0 N–H and O–H groups in total. The first kappa shape index (κ1) is 13.1. The molecule has 2 atom stereocenters. The Morgan fingerprint density at radius 2 is 2.29 bits per heavy atom. The highest BCUT2D eigenvalue weighted by Gasteiger charge is 2.24. The average Bonchev–Trinajstić information content (AvgIpc) is 2.35. The van der Waals surface area contributed by atoms with Crippen molar-refractivity contribution in [2.45, 2.75) is 24.6 Å². The second kappa shape index (κ2) is 6.03. The van der Waals surface area contributed by atoms with E-state index in [2.05, 4.69) is 0 Å². The van der Waals surface area contributed by atoms with Crippen molar-refractivity contribution in [3.05, 3.63) is 34.6 Å². The lowest BCUT2D eigenvalue weighted by atomic mass is 9.94. The van der Waals surface area contributed by atoms with Gasteiger partial charge in [0.15, 0.2) is 0 Å². The van der Waals surface area contributed by atoms with Crippen LogP contribution in [-0.4, -0.2) is 18.6 Å². The Labute approximate surface area is 111 Å². The summed E-state index contributed by atoms with van der Waals surface area (Å²) in [6, 6.07) is 4.72. The van der Waals surface area contributed by atoms with Gasteiger partial charge in [-0.2, -0.15) is 0 Å². The zero-order valence-electron chi connectivity index (χ0n) is 9.46. The van der Waals surface area contributed by atoms with Crippen LogP contribution < -0.4 is 0 Å². The van der Waals surface area contributed by atoms with E-state index >= 15 is 0 Å². The maximum absolute atomic E-state index is 13.6. The Hall–Kier alpha value is -0.310. The van der Waals surface area contributed by atoms with Gasteiger partial charge in [-0.05, 0) is 37.3 Å².